The number of para-hydroxylation sites is 1. The molecule has 0 saturated heterocycles. The summed E-state index contributed by atoms with van der Waals surface area (Å²) in [4.78, 5) is 16.5. The average Bonchev–Trinajstić information content (AvgIpc) is 3.10. The zero-order valence-corrected chi connectivity index (χ0v) is 14.2. The number of benzene rings is 1. The van der Waals surface area contributed by atoms with Crippen LogP contribution in [0.3, 0.4) is 0 Å². The number of aromatic nitrogens is 1. The van der Waals surface area contributed by atoms with Crippen LogP contribution in [0.4, 0.5) is 0 Å². The summed E-state index contributed by atoms with van der Waals surface area (Å²) in [5.74, 6) is 1.19. The molecule has 0 unspecified atom stereocenters. The molecule has 1 aromatic heterocycles. The fourth-order valence-electron chi connectivity index (χ4n) is 3.59. The maximum absolute atomic E-state index is 12.3. The normalized spacial score (nSPS) is 21.4. The van der Waals surface area contributed by atoms with Crippen LogP contribution in [0.1, 0.15) is 24.8 Å². The zero-order valence-electron chi connectivity index (χ0n) is 14.2. The summed E-state index contributed by atoms with van der Waals surface area (Å²) in [6.07, 6.45) is 11.5. The van der Waals surface area contributed by atoms with Crippen LogP contribution in [0.5, 0.6) is 5.75 Å². The van der Waals surface area contributed by atoms with Crippen molar-refractivity contribution in [3.8, 4) is 16.9 Å². The van der Waals surface area contributed by atoms with Crippen LogP contribution in [-0.2, 0) is 11.2 Å². The summed E-state index contributed by atoms with van der Waals surface area (Å²) < 4.78 is 6.17. The molecule has 4 nitrogen and oxygen atoms in total. The molecule has 1 amide bonds. The van der Waals surface area contributed by atoms with Crippen molar-refractivity contribution in [3.63, 3.8) is 0 Å². The van der Waals surface area contributed by atoms with Crippen LogP contribution in [0.2, 0.25) is 0 Å². The summed E-state index contributed by atoms with van der Waals surface area (Å²) in [6.45, 7) is 0.556. The first-order valence-corrected chi connectivity index (χ1v) is 8.93. The molecule has 0 radical (unpaired) electrons. The van der Waals surface area contributed by atoms with Gasteiger partial charge in [0.2, 0.25) is 5.91 Å². The highest BCUT2D eigenvalue weighted by molar-refractivity contribution is 5.79. The summed E-state index contributed by atoms with van der Waals surface area (Å²) in [5, 5.41) is 3.08. The van der Waals surface area contributed by atoms with Crippen LogP contribution >= 0.6 is 0 Å². The Morgan fingerprint density at radius 3 is 3.00 bits per heavy atom. The third-order valence-corrected chi connectivity index (χ3v) is 4.95. The van der Waals surface area contributed by atoms with Crippen molar-refractivity contribution in [1.29, 1.82) is 0 Å². The molecule has 4 rings (SSSR count). The second kappa shape index (κ2) is 7.09. The third kappa shape index (κ3) is 3.43. The van der Waals surface area contributed by atoms with E-state index in [4.69, 9.17) is 4.74 Å². The Hall–Kier alpha value is -2.62. The number of allylic oxidation sites excluding steroid dienone is 2. The maximum atomic E-state index is 12.3. The number of ether oxygens (including phenoxy) is 1. The topological polar surface area (TPSA) is 51.2 Å². The van der Waals surface area contributed by atoms with E-state index in [-0.39, 0.29) is 17.9 Å². The minimum Gasteiger partial charge on any atom is -0.487 e. The third-order valence-electron chi connectivity index (χ3n) is 4.95. The molecule has 25 heavy (non-hydrogen) atoms. The molecule has 2 aliphatic rings. The van der Waals surface area contributed by atoms with Gasteiger partial charge in [-0.05, 0) is 30.9 Å². The zero-order chi connectivity index (χ0) is 17.1. The minimum atomic E-state index is -0.00379. The van der Waals surface area contributed by atoms with E-state index < -0.39 is 0 Å². The molecular weight excluding hydrogens is 312 g/mol. The van der Waals surface area contributed by atoms with Crippen molar-refractivity contribution >= 4 is 5.91 Å². The van der Waals surface area contributed by atoms with Crippen molar-refractivity contribution < 1.29 is 9.53 Å². The Bertz CT molecular complexity index is 786. The Labute approximate surface area is 147 Å². The highest BCUT2D eigenvalue weighted by Crippen LogP contribution is 2.38. The number of carbonyl (C=O) groups excluding carboxylic acids is 1. The molecular formula is C21H22N2O2. The van der Waals surface area contributed by atoms with Crippen molar-refractivity contribution in [2.45, 2.75) is 31.8 Å². The minimum absolute atomic E-state index is 0.00379. The molecule has 1 aliphatic carbocycles. The first-order valence-electron chi connectivity index (χ1n) is 8.93. The van der Waals surface area contributed by atoms with E-state index in [1.165, 1.54) is 5.56 Å². The van der Waals surface area contributed by atoms with Gasteiger partial charge in [0, 0.05) is 35.9 Å². The summed E-state index contributed by atoms with van der Waals surface area (Å²) in [6, 6.07) is 10.2. The van der Waals surface area contributed by atoms with Gasteiger partial charge in [-0.15, -0.1) is 0 Å². The highest BCUT2D eigenvalue weighted by Gasteiger charge is 2.27. The number of pyridine rings is 1. The van der Waals surface area contributed by atoms with Gasteiger partial charge in [-0.2, -0.15) is 0 Å². The fraction of sp³-hybridized carbons (Fsp3) is 0.333. The van der Waals surface area contributed by atoms with Crippen LogP contribution < -0.4 is 10.1 Å². The lowest BCUT2D eigenvalue weighted by molar-refractivity contribution is -0.125. The number of hydrogen-bond donors (Lipinski definition) is 1. The van der Waals surface area contributed by atoms with E-state index in [1.54, 1.807) is 6.20 Å². The number of fused-ring (bicyclic) bond motifs is 1. The summed E-state index contributed by atoms with van der Waals surface area (Å²) in [5.41, 5.74) is 3.32. The predicted octanol–water partition coefficient (Wildman–Crippen LogP) is 3.52. The highest BCUT2D eigenvalue weighted by atomic mass is 16.5. The number of amides is 1. The molecule has 2 atom stereocenters. The quantitative estimate of drug-likeness (QED) is 0.870. The Morgan fingerprint density at radius 2 is 2.20 bits per heavy atom. The van der Waals surface area contributed by atoms with Gasteiger partial charge in [0.25, 0.3) is 0 Å². The van der Waals surface area contributed by atoms with E-state index in [0.717, 1.165) is 42.6 Å². The van der Waals surface area contributed by atoms with Crippen molar-refractivity contribution in [1.82, 2.24) is 10.3 Å². The molecule has 2 aromatic rings. The van der Waals surface area contributed by atoms with Crippen LogP contribution in [0, 0.1) is 5.92 Å². The van der Waals surface area contributed by atoms with E-state index in [2.05, 4.69) is 40.7 Å². The van der Waals surface area contributed by atoms with Gasteiger partial charge >= 0.3 is 0 Å². The van der Waals surface area contributed by atoms with Gasteiger partial charge in [0.1, 0.15) is 11.9 Å². The SMILES string of the molecule is O=C(NC[C@H]1Cc2cccc(-c3cccnc3)c2O1)[C@@H]1CC=CCC1. The summed E-state index contributed by atoms with van der Waals surface area (Å²) >= 11 is 0. The molecule has 2 heterocycles. The van der Waals surface area contributed by atoms with Crippen molar-refractivity contribution in [3.05, 3.63) is 60.4 Å². The largest absolute Gasteiger partial charge is 0.487 e. The molecule has 1 aliphatic heterocycles. The lowest BCUT2D eigenvalue weighted by Gasteiger charge is -2.19. The van der Waals surface area contributed by atoms with E-state index in [1.807, 2.05) is 18.3 Å². The molecule has 0 fully saturated rings. The van der Waals surface area contributed by atoms with Crippen LogP contribution in [0.25, 0.3) is 11.1 Å². The van der Waals surface area contributed by atoms with Gasteiger partial charge in [-0.25, -0.2) is 0 Å². The van der Waals surface area contributed by atoms with Crippen LogP contribution in [0.15, 0.2) is 54.9 Å². The standard InChI is InChI=1S/C21H22N2O2/c24-21(15-6-2-1-3-7-15)23-14-18-12-16-8-4-10-19(20(16)25-18)17-9-5-11-22-13-17/h1-2,4-5,8-11,13,15,18H,3,6-7,12,14H2,(H,23,24)/t15-,18-/m1/s1. The smallest absolute Gasteiger partial charge is 0.223 e. The summed E-state index contributed by atoms with van der Waals surface area (Å²) in [7, 11) is 0. The number of hydrogen-bond acceptors (Lipinski definition) is 3. The number of rotatable bonds is 4. The first-order chi connectivity index (χ1) is 12.3. The lowest BCUT2D eigenvalue weighted by atomic mass is 9.93. The second-order valence-corrected chi connectivity index (χ2v) is 6.71. The van der Waals surface area contributed by atoms with Crippen molar-refractivity contribution in [2.75, 3.05) is 6.54 Å². The van der Waals surface area contributed by atoms with Gasteiger partial charge in [0.15, 0.2) is 0 Å². The number of nitrogens with zero attached hydrogens (tertiary/aromatic N) is 1. The van der Waals surface area contributed by atoms with Crippen LogP contribution in [-0.4, -0.2) is 23.5 Å². The average molecular weight is 334 g/mol. The predicted molar refractivity (Wildman–Crippen MR) is 97.3 cm³/mol. The Morgan fingerprint density at radius 1 is 1.24 bits per heavy atom. The Balaban J connectivity index is 1.41. The van der Waals surface area contributed by atoms with E-state index >= 15 is 0 Å². The number of carbonyl (C=O) groups is 1. The van der Waals surface area contributed by atoms with Gasteiger partial charge in [-0.3, -0.25) is 9.78 Å². The lowest BCUT2D eigenvalue weighted by Crippen LogP contribution is -2.38. The van der Waals surface area contributed by atoms with Gasteiger partial charge in [0.05, 0.1) is 6.54 Å². The monoisotopic (exact) mass is 334 g/mol. The fourth-order valence-corrected chi connectivity index (χ4v) is 3.59. The molecule has 0 spiro atoms. The van der Waals surface area contributed by atoms with Gasteiger partial charge in [-0.1, -0.05) is 36.4 Å². The molecule has 4 heteroatoms. The molecule has 1 aromatic carbocycles. The number of nitrogens with one attached hydrogen (secondary N) is 1. The molecule has 128 valence electrons. The van der Waals surface area contributed by atoms with E-state index in [0.29, 0.717) is 6.54 Å². The maximum Gasteiger partial charge on any atom is 0.223 e. The molecule has 1 N–H and O–H groups in total. The second-order valence-electron chi connectivity index (χ2n) is 6.71. The van der Waals surface area contributed by atoms with Gasteiger partial charge < -0.3 is 10.1 Å². The van der Waals surface area contributed by atoms with Crippen molar-refractivity contribution in [2.24, 2.45) is 5.92 Å². The van der Waals surface area contributed by atoms with E-state index in [9.17, 15) is 4.79 Å². The molecule has 0 bridgehead atoms. The Kier molecular flexibility index (Phi) is 4.51. The molecule has 0 saturated carbocycles. The first kappa shape index (κ1) is 15.9.